The van der Waals surface area contributed by atoms with E-state index < -0.39 is 18.4 Å². The zero-order valence-electron chi connectivity index (χ0n) is 21.6. The number of hydrogen-bond acceptors (Lipinski definition) is 7. The first-order chi connectivity index (χ1) is 19.4. The Morgan fingerprint density at radius 3 is 2.20 bits per heavy atom. The number of carbonyl (C=O) groups excluding carboxylic acids is 4. The number of aromatic nitrogens is 1. The minimum atomic E-state index is -0.698. The van der Waals surface area contributed by atoms with Gasteiger partial charge in [-0.1, -0.05) is 55.3 Å². The van der Waals surface area contributed by atoms with E-state index in [2.05, 4.69) is 0 Å². The fourth-order valence-electron chi connectivity index (χ4n) is 5.69. The molecule has 0 spiro atoms. The molecule has 0 radical (unpaired) electrons. The molecule has 1 saturated carbocycles. The fourth-order valence-corrected chi connectivity index (χ4v) is 5.69. The van der Waals surface area contributed by atoms with Crippen molar-refractivity contribution in [3.8, 4) is 17.0 Å². The Labute approximate surface area is 230 Å². The second kappa shape index (κ2) is 10.4. The lowest BCUT2D eigenvalue weighted by atomic mass is 9.81. The summed E-state index contributed by atoms with van der Waals surface area (Å²) in [5.41, 5.74) is 2.59. The van der Waals surface area contributed by atoms with E-state index >= 15 is 0 Å². The lowest BCUT2D eigenvalue weighted by molar-refractivity contribution is -0.122. The molecule has 8 heteroatoms. The highest BCUT2D eigenvalue weighted by Crippen LogP contribution is 2.40. The second-order valence-corrected chi connectivity index (χ2v) is 10.1. The first kappa shape index (κ1) is 25.4. The van der Waals surface area contributed by atoms with Crippen molar-refractivity contribution in [2.75, 3.05) is 11.5 Å². The Bertz CT molecular complexity index is 1640. The summed E-state index contributed by atoms with van der Waals surface area (Å²) in [6.07, 6.45) is 3.44. The van der Waals surface area contributed by atoms with Crippen LogP contribution in [0.5, 0.6) is 5.75 Å². The molecule has 1 aliphatic heterocycles. The van der Waals surface area contributed by atoms with Crippen LogP contribution in [0.2, 0.25) is 0 Å². The van der Waals surface area contributed by atoms with Gasteiger partial charge in [-0.2, -0.15) is 0 Å². The number of ketones is 1. The van der Waals surface area contributed by atoms with Crippen molar-refractivity contribution in [3.63, 3.8) is 0 Å². The van der Waals surface area contributed by atoms with Gasteiger partial charge in [0.1, 0.15) is 5.75 Å². The zero-order valence-corrected chi connectivity index (χ0v) is 21.6. The smallest absolute Gasteiger partial charge is 0.339 e. The van der Waals surface area contributed by atoms with Crippen molar-refractivity contribution in [3.05, 3.63) is 90.0 Å². The van der Waals surface area contributed by atoms with Gasteiger partial charge in [-0.05, 0) is 49.2 Å². The fraction of sp³-hybridized carbons (Fsp3) is 0.219. The minimum absolute atomic E-state index is 0.0740. The number of amides is 2. The molecule has 6 rings (SSSR count). The largest absolute Gasteiger partial charge is 0.507 e. The summed E-state index contributed by atoms with van der Waals surface area (Å²) in [7, 11) is 0. The first-order valence-electron chi connectivity index (χ1n) is 13.3. The van der Waals surface area contributed by atoms with Gasteiger partial charge in [0.25, 0.3) is 0 Å². The van der Waals surface area contributed by atoms with Crippen LogP contribution >= 0.6 is 0 Å². The van der Waals surface area contributed by atoms with Gasteiger partial charge in [-0.3, -0.25) is 19.3 Å². The number of benzene rings is 3. The van der Waals surface area contributed by atoms with E-state index in [1.165, 1.54) is 17.0 Å². The minimum Gasteiger partial charge on any atom is -0.507 e. The molecule has 40 heavy (non-hydrogen) atoms. The molecule has 2 aliphatic rings. The van der Waals surface area contributed by atoms with Gasteiger partial charge >= 0.3 is 5.97 Å². The summed E-state index contributed by atoms with van der Waals surface area (Å²) >= 11 is 0. The number of imide groups is 1. The first-order valence-corrected chi connectivity index (χ1v) is 13.3. The van der Waals surface area contributed by atoms with E-state index in [-0.39, 0.29) is 40.5 Å². The number of anilines is 1. The third-order valence-corrected chi connectivity index (χ3v) is 7.74. The van der Waals surface area contributed by atoms with Gasteiger partial charge in [0.2, 0.25) is 17.6 Å². The lowest BCUT2D eigenvalue weighted by Crippen LogP contribution is -2.30. The molecule has 0 bridgehead atoms. The zero-order chi connectivity index (χ0) is 27.8. The molecule has 1 aliphatic carbocycles. The number of aromatic hydroxyl groups is 1. The third-order valence-electron chi connectivity index (χ3n) is 7.74. The van der Waals surface area contributed by atoms with Gasteiger partial charge in [-0.25, -0.2) is 9.78 Å². The van der Waals surface area contributed by atoms with E-state index in [1.807, 2.05) is 6.07 Å². The van der Waals surface area contributed by atoms with Crippen LogP contribution in [0, 0.1) is 11.8 Å². The predicted octanol–water partition coefficient (Wildman–Crippen LogP) is 5.33. The number of ether oxygens (including phenoxy) is 1. The summed E-state index contributed by atoms with van der Waals surface area (Å²) in [4.78, 5) is 57.7. The summed E-state index contributed by atoms with van der Waals surface area (Å²) in [6.45, 7) is -0.531. The number of esters is 1. The molecule has 8 nitrogen and oxygen atoms in total. The number of phenolic OH excluding ortho intramolecular Hbond substituents is 1. The maximum absolute atomic E-state index is 13.1. The molecular weight excluding hydrogens is 508 g/mol. The average Bonchev–Trinajstić information content (AvgIpc) is 3.24. The van der Waals surface area contributed by atoms with E-state index in [0.717, 1.165) is 25.7 Å². The number of Topliss-reactive ketones (excluding diaryl/α,β-unsaturated/α-hetero) is 1. The number of phenols is 1. The number of carbonyl (C=O) groups is 4. The standard InChI is InChI=1S/C32H26N2O6/c35-28-12-6-4-10-24(28)29(36)18-40-32(39)25-17-27(33-26-11-5-3-7-21(25)26)19-13-15-20(16-14-19)34-30(37)22-8-1-2-9-23(22)31(34)38/h3-7,10-17,22-23,35H,1-2,8-9,18H2. The topological polar surface area (TPSA) is 114 Å². The van der Waals surface area contributed by atoms with Gasteiger partial charge in [-0.15, -0.1) is 0 Å². The monoisotopic (exact) mass is 534 g/mol. The van der Waals surface area contributed by atoms with Crippen LogP contribution in [0.1, 0.15) is 46.4 Å². The molecule has 4 aromatic rings. The highest BCUT2D eigenvalue weighted by Gasteiger charge is 2.48. The predicted molar refractivity (Wildman–Crippen MR) is 148 cm³/mol. The third kappa shape index (κ3) is 4.51. The number of rotatable bonds is 6. The Balaban J connectivity index is 1.27. The summed E-state index contributed by atoms with van der Waals surface area (Å²) < 4.78 is 5.35. The molecule has 2 heterocycles. The highest BCUT2D eigenvalue weighted by atomic mass is 16.5. The number of pyridine rings is 1. The van der Waals surface area contributed by atoms with Crippen molar-refractivity contribution in [1.29, 1.82) is 0 Å². The quantitative estimate of drug-likeness (QED) is 0.202. The molecule has 1 aromatic heterocycles. The molecule has 2 unspecified atom stereocenters. The maximum atomic E-state index is 13.1. The van der Waals surface area contributed by atoms with Crippen LogP contribution in [-0.2, 0) is 14.3 Å². The lowest BCUT2D eigenvalue weighted by Gasteiger charge is -2.19. The molecule has 2 atom stereocenters. The number of nitrogens with zero attached hydrogens (tertiary/aromatic N) is 2. The molecule has 1 saturated heterocycles. The molecular formula is C32H26N2O6. The van der Waals surface area contributed by atoms with Crippen LogP contribution in [0.15, 0.2) is 78.9 Å². The van der Waals surface area contributed by atoms with Crippen LogP contribution in [0.3, 0.4) is 0 Å². The normalized spacial score (nSPS) is 18.6. The van der Waals surface area contributed by atoms with E-state index in [4.69, 9.17) is 9.72 Å². The van der Waals surface area contributed by atoms with Crippen LogP contribution in [0.4, 0.5) is 5.69 Å². The van der Waals surface area contributed by atoms with Crippen LogP contribution < -0.4 is 4.90 Å². The van der Waals surface area contributed by atoms with Gasteiger partial charge in [0.05, 0.1) is 39.9 Å². The van der Waals surface area contributed by atoms with Crippen molar-refractivity contribution in [2.45, 2.75) is 25.7 Å². The average molecular weight is 535 g/mol. The Hall–Kier alpha value is -4.85. The number of fused-ring (bicyclic) bond motifs is 2. The van der Waals surface area contributed by atoms with Crippen molar-refractivity contribution in [2.24, 2.45) is 11.8 Å². The Kier molecular flexibility index (Phi) is 6.59. The van der Waals surface area contributed by atoms with Gasteiger partial charge < -0.3 is 9.84 Å². The summed E-state index contributed by atoms with van der Waals surface area (Å²) in [6, 6.07) is 21.8. The van der Waals surface area contributed by atoms with Crippen LogP contribution in [0.25, 0.3) is 22.2 Å². The maximum Gasteiger partial charge on any atom is 0.339 e. The van der Waals surface area contributed by atoms with Crippen molar-refractivity contribution < 1.29 is 29.0 Å². The molecule has 2 amide bonds. The van der Waals surface area contributed by atoms with Crippen molar-refractivity contribution in [1.82, 2.24) is 4.98 Å². The molecule has 3 aromatic carbocycles. The van der Waals surface area contributed by atoms with Crippen LogP contribution in [-0.4, -0.2) is 40.3 Å². The highest BCUT2D eigenvalue weighted by molar-refractivity contribution is 6.22. The van der Waals surface area contributed by atoms with Crippen molar-refractivity contribution >= 4 is 40.2 Å². The Morgan fingerprint density at radius 2 is 1.50 bits per heavy atom. The van der Waals surface area contributed by atoms with Gasteiger partial charge in [0, 0.05) is 10.9 Å². The van der Waals surface area contributed by atoms with E-state index in [9.17, 15) is 24.3 Å². The van der Waals surface area contributed by atoms with E-state index in [0.29, 0.717) is 27.8 Å². The van der Waals surface area contributed by atoms with Gasteiger partial charge in [0.15, 0.2) is 6.61 Å². The Morgan fingerprint density at radius 1 is 0.850 bits per heavy atom. The SMILES string of the molecule is O=C(COC(=O)c1cc(-c2ccc(N3C(=O)C4CCCCC4C3=O)cc2)nc2ccccc12)c1ccccc1O. The second-order valence-electron chi connectivity index (χ2n) is 10.1. The molecule has 1 N–H and O–H groups in total. The summed E-state index contributed by atoms with van der Waals surface area (Å²) in [5.74, 6) is -2.12. The number of para-hydroxylation sites is 2. The molecule has 2 fully saturated rings. The number of hydrogen-bond donors (Lipinski definition) is 1. The summed E-state index contributed by atoms with van der Waals surface area (Å²) in [5, 5.41) is 10.5. The molecule has 200 valence electrons. The van der Waals surface area contributed by atoms with E-state index in [1.54, 1.807) is 60.7 Å².